The van der Waals surface area contributed by atoms with Gasteiger partial charge in [-0.1, -0.05) is 11.6 Å². The number of aromatic nitrogens is 2. The van der Waals surface area contributed by atoms with Crippen LogP contribution >= 0.6 is 23.2 Å². The summed E-state index contributed by atoms with van der Waals surface area (Å²) in [6.07, 6.45) is 2.92. The van der Waals surface area contributed by atoms with Gasteiger partial charge in [-0.15, -0.1) is 0 Å². The first-order chi connectivity index (χ1) is 7.16. The summed E-state index contributed by atoms with van der Waals surface area (Å²) < 4.78 is 0. The number of hydrogen-bond acceptors (Lipinski definition) is 4. The first-order valence-electron chi connectivity index (χ1n) is 4.78. The van der Waals surface area contributed by atoms with E-state index < -0.39 is 0 Å². The van der Waals surface area contributed by atoms with Gasteiger partial charge in [-0.25, -0.2) is 4.98 Å². The van der Waals surface area contributed by atoms with E-state index in [1.807, 2.05) is 4.90 Å². The Bertz CT molecular complexity index is 361. The van der Waals surface area contributed by atoms with Gasteiger partial charge in [0.1, 0.15) is 5.02 Å². The summed E-state index contributed by atoms with van der Waals surface area (Å²) in [5.41, 5.74) is 0. The maximum absolute atomic E-state index is 9.54. The molecule has 0 aromatic carbocycles. The van der Waals surface area contributed by atoms with Gasteiger partial charge in [-0.3, -0.25) is 0 Å². The molecule has 1 aromatic rings. The first kappa shape index (κ1) is 10.9. The predicted octanol–water partition coefficient (Wildman–Crippen LogP) is 1.74. The zero-order chi connectivity index (χ0) is 10.8. The van der Waals surface area contributed by atoms with Crippen LogP contribution in [0.5, 0.6) is 0 Å². The zero-order valence-electron chi connectivity index (χ0n) is 8.03. The normalized spacial score (nSPS) is 21.8. The molecule has 0 radical (unpaired) electrons. The zero-order valence-corrected chi connectivity index (χ0v) is 9.54. The molecule has 1 N–H and O–H groups in total. The van der Waals surface area contributed by atoms with E-state index in [0.717, 1.165) is 19.4 Å². The van der Waals surface area contributed by atoms with Crippen LogP contribution < -0.4 is 4.90 Å². The molecular formula is C9H11Cl2N3O. The molecule has 6 heteroatoms. The third-order valence-electron chi connectivity index (χ3n) is 2.39. The van der Waals surface area contributed by atoms with Gasteiger partial charge < -0.3 is 10.0 Å². The van der Waals surface area contributed by atoms with Gasteiger partial charge in [0.25, 0.3) is 0 Å². The fourth-order valence-electron chi connectivity index (χ4n) is 1.71. The van der Waals surface area contributed by atoms with E-state index in [1.165, 1.54) is 6.20 Å². The molecule has 1 atom stereocenters. The Labute approximate surface area is 97.9 Å². The number of nitrogens with zero attached hydrogens (tertiary/aromatic N) is 3. The molecule has 82 valence electrons. The average Bonchev–Trinajstić information content (AvgIpc) is 2.22. The van der Waals surface area contributed by atoms with Crippen molar-refractivity contribution >= 4 is 29.0 Å². The van der Waals surface area contributed by atoms with Gasteiger partial charge in [-0.05, 0) is 24.4 Å². The minimum absolute atomic E-state index is 0.175. The van der Waals surface area contributed by atoms with E-state index in [-0.39, 0.29) is 11.4 Å². The number of β-amino-alcohol motifs (C(OH)–C–C–N with tert-alkyl or cyclic N) is 1. The molecule has 1 aliphatic rings. The third-order valence-corrected chi connectivity index (χ3v) is 2.84. The Morgan fingerprint density at radius 1 is 1.47 bits per heavy atom. The van der Waals surface area contributed by atoms with Crippen LogP contribution in [0.2, 0.25) is 10.3 Å². The highest BCUT2D eigenvalue weighted by atomic mass is 35.5. The lowest BCUT2D eigenvalue weighted by Gasteiger charge is -2.31. The summed E-state index contributed by atoms with van der Waals surface area (Å²) in [5, 5.41) is 10.2. The highest BCUT2D eigenvalue weighted by molar-refractivity contribution is 6.33. The lowest BCUT2D eigenvalue weighted by atomic mass is 10.1. The number of aliphatic hydroxyl groups excluding tert-OH is 1. The highest BCUT2D eigenvalue weighted by Gasteiger charge is 2.21. The van der Waals surface area contributed by atoms with Gasteiger partial charge >= 0.3 is 0 Å². The summed E-state index contributed by atoms with van der Waals surface area (Å²) in [5.74, 6) is 0.607. The van der Waals surface area contributed by atoms with Crippen LogP contribution in [0.4, 0.5) is 5.82 Å². The fourth-order valence-corrected chi connectivity index (χ4v) is 2.05. The highest BCUT2D eigenvalue weighted by Crippen LogP contribution is 2.26. The van der Waals surface area contributed by atoms with Crippen molar-refractivity contribution in [2.75, 3.05) is 18.0 Å². The second-order valence-corrected chi connectivity index (χ2v) is 4.30. The van der Waals surface area contributed by atoms with Gasteiger partial charge in [0.15, 0.2) is 5.82 Å². The first-order valence-corrected chi connectivity index (χ1v) is 5.53. The SMILES string of the molecule is OC1CCCN(c2nc(Cl)ncc2Cl)C1. The molecule has 4 nitrogen and oxygen atoms in total. The molecule has 15 heavy (non-hydrogen) atoms. The Morgan fingerprint density at radius 3 is 3.00 bits per heavy atom. The molecule has 1 unspecified atom stereocenters. The second-order valence-electron chi connectivity index (χ2n) is 3.55. The van der Waals surface area contributed by atoms with E-state index in [4.69, 9.17) is 23.2 Å². The monoisotopic (exact) mass is 247 g/mol. The minimum atomic E-state index is -0.316. The topological polar surface area (TPSA) is 49.2 Å². The molecule has 1 saturated heterocycles. The molecule has 2 rings (SSSR count). The molecule has 2 heterocycles. The van der Waals surface area contributed by atoms with Crippen molar-refractivity contribution in [3.63, 3.8) is 0 Å². The second kappa shape index (κ2) is 4.51. The van der Waals surface area contributed by atoms with Crippen LogP contribution in [0.25, 0.3) is 0 Å². The molecule has 0 saturated carbocycles. The number of hydrogen-bond donors (Lipinski definition) is 1. The van der Waals surface area contributed by atoms with Gasteiger partial charge in [-0.2, -0.15) is 4.98 Å². The molecule has 0 bridgehead atoms. The van der Waals surface area contributed by atoms with Crippen LogP contribution in [0, 0.1) is 0 Å². The molecule has 0 aliphatic carbocycles. The molecule has 0 spiro atoms. The van der Waals surface area contributed by atoms with Crippen molar-refractivity contribution in [1.29, 1.82) is 0 Å². The molecule has 1 aromatic heterocycles. The van der Waals surface area contributed by atoms with Crippen LogP contribution in [0.3, 0.4) is 0 Å². The quantitative estimate of drug-likeness (QED) is 0.769. The smallest absolute Gasteiger partial charge is 0.224 e. The summed E-state index contributed by atoms with van der Waals surface area (Å²) >= 11 is 11.7. The summed E-state index contributed by atoms with van der Waals surface area (Å²) in [6, 6.07) is 0. The third kappa shape index (κ3) is 2.51. The van der Waals surface area contributed by atoms with Crippen LogP contribution in [-0.2, 0) is 0 Å². The number of aliphatic hydroxyl groups is 1. The van der Waals surface area contributed by atoms with Crippen LogP contribution in [0.15, 0.2) is 6.20 Å². The Kier molecular flexibility index (Phi) is 3.29. The maximum Gasteiger partial charge on any atom is 0.224 e. The van der Waals surface area contributed by atoms with Gasteiger partial charge in [0, 0.05) is 13.1 Å². The Balaban J connectivity index is 2.24. The Hall–Kier alpha value is -0.580. The number of halogens is 2. The Morgan fingerprint density at radius 2 is 2.27 bits per heavy atom. The number of anilines is 1. The van der Waals surface area contributed by atoms with Crippen molar-refractivity contribution in [3.8, 4) is 0 Å². The van der Waals surface area contributed by atoms with Gasteiger partial charge in [0.2, 0.25) is 5.28 Å². The standard InChI is InChI=1S/C9H11Cl2N3O/c10-7-4-12-9(11)13-8(7)14-3-1-2-6(15)5-14/h4,6,15H,1-3,5H2. The van der Waals surface area contributed by atoms with E-state index >= 15 is 0 Å². The largest absolute Gasteiger partial charge is 0.391 e. The van der Waals surface area contributed by atoms with E-state index in [9.17, 15) is 5.11 Å². The van der Waals surface area contributed by atoms with E-state index in [1.54, 1.807) is 0 Å². The van der Waals surface area contributed by atoms with Crippen LogP contribution in [-0.4, -0.2) is 34.3 Å². The molecule has 1 aliphatic heterocycles. The van der Waals surface area contributed by atoms with Gasteiger partial charge in [0.05, 0.1) is 12.3 Å². The van der Waals surface area contributed by atoms with E-state index in [2.05, 4.69) is 9.97 Å². The van der Waals surface area contributed by atoms with Crippen molar-refractivity contribution in [2.24, 2.45) is 0 Å². The van der Waals surface area contributed by atoms with Crippen molar-refractivity contribution in [1.82, 2.24) is 9.97 Å². The molecular weight excluding hydrogens is 237 g/mol. The predicted molar refractivity (Wildman–Crippen MR) is 59.5 cm³/mol. The van der Waals surface area contributed by atoms with Crippen molar-refractivity contribution in [2.45, 2.75) is 18.9 Å². The summed E-state index contributed by atoms with van der Waals surface area (Å²) in [7, 11) is 0. The van der Waals surface area contributed by atoms with Crippen molar-refractivity contribution < 1.29 is 5.11 Å². The summed E-state index contributed by atoms with van der Waals surface area (Å²) in [4.78, 5) is 9.79. The maximum atomic E-state index is 9.54. The molecule has 1 fully saturated rings. The lowest BCUT2D eigenvalue weighted by Crippen LogP contribution is -2.38. The minimum Gasteiger partial charge on any atom is -0.391 e. The average molecular weight is 248 g/mol. The van der Waals surface area contributed by atoms with Crippen LogP contribution in [0.1, 0.15) is 12.8 Å². The lowest BCUT2D eigenvalue weighted by molar-refractivity contribution is 0.154. The number of piperidine rings is 1. The molecule has 0 amide bonds. The summed E-state index contributed by atoms with van der Waals surface area (Å²) in [6.45, 7) is 1.39. The van der Waals surface area contributed by atoms with E-state index in [0.29, 0.717) is 17.4 Å². The number of rotatable bonds is 1. The van der Waals surface area contributed by atoms with Crippen molar-refractivity contribution in [3.05, 3.63) is 16.5 Å². The fraction of sp³-hybridized carbons (Fsp3) is 0.556.